The van der Waals surface area contributed by atoms with Gasteiger partial charge in [0.25, 0.3) is 5.56 Å². The van der Waals surface area contributed by atoms with Crippen molar-refractivity contribution >= 4 is 23.1 Å². The van der Waals surface area contributed by atoms with Crippen LogP contribution in [0.5, 0.6) is 11.5 Å². The summed E-state index contributed by atoms with van der Waals surface area (Å²) in [5.41, 5.74) is 0.861. The van der Waals surface area contributed by atoms with E-state index in [9.17, 15) is 9.59 Å². The number of aromatic amines is 2. The van der Waals surface area contributed by atoms with Gasteiger partial charge in [0.1, 0.15) is 5.39 Å². The number of benzene rings is 1. The van der Waals surface area contributed by atoms with Crippen LogP contribution in [-0.2, 0) is 4.79 Å². The second-order valence-electron chi connectivity index (χ2n) is 4.28. The molecule has 0 spiro atoms. The fourth-order valence-electron chi connectivity index (χ4n) is 1.59. The summed E-state index contributed by atoms with van der Waals surface area (Å²) >= 11 is 0. The number of aromatic nitrogens is 4. The number of carbonyl (C=O) groups is 1. The number of H-pyrrole nitrogens is 2. The van der Waals surface area contributed by atoms with Crippen LogP contribution in [0.2, 0.25) is 0 Å². The number of rotatable bonds is 2. The van der Waals surface area contributed by atoms with Crippen molar-refractivity contribution in [2.45, 2.75) is 0 Å². The molecule has 0 bridgehead atoms. The number of fused-ring (bicyclic) bond motifs is 1. The zero-order valence-corrected chi connectivity index (χ0v) is 11.6. The Labute approximate surface area is 128 Å². The third kappa shape index (κ3) is 4.17. The molecule has 1 aromatic carbocycles. The van der Waals surface area contributed by atoms with Crippen molar-refractivity contribution in [2.24, 2.45) is 0 Å². The Morgan fingerprint density at radius 1 is 1.22 bits per heavy atom. The van der Waals surface area contributed by atoms with E-state index in [2.05, 4.69) is 20.2 Å². The number of nitrogens with zero attached hydrogens (tertiary/aromatic N) is 2. The van der Waals surface area contributed by atoms with Crippen molar-refractivity contribution in [1.82, 2.24) is 20.2 Å². The minimum absolute atomic E-state index is 0.168. The van der Waals surface area contributed by atoms with Crippen LogP contribution in [0.25, 0.3) is 17.1 Å². The molecule has 0 radical (unpaired) electrons. The SMILES string of the molecule is O=C(O)/C=C/c1ccc(O)c(O)c1.O=c1[nH]cnc2[nH]ncc12. The largest absolute Gasteiger partial charge is 0.504 e. The lowest BCUT2D eigenvalue weighted by Gasteiger charge is -1.97. The van der Waals surface area contributed by atoms with Crippen molar-refractivity contribution < 1.29 is 20.1 Å². The minimum atomic E-state index is -1.06. The van der Waals surface area contributed by atoms with Crippen LogP contribution in [-0.4, -0.2) is 41.5 Å². The van der Waals surface area contributed by atoms with Crippen LogP contribution in [0.1, 0.15) is 5.56 Å². The van der Waals surface area contributed by atoms with Crippen molar-refractivity contribution in [1.29, 1.82) is 0 Å². The number of carboxylic acids is 1. The maximum Gasteiger partial charge on any atom is 0.328 e. The summed E-state index contributed by atoms with van der Waals surface area (Å²) in [5.74, 6) is -1.56. The summed E-state index contributed by atoms with van der Waals surface area (Å²) in [6.07, 6.45) is 5.05. The highest BCUT2D eigenvalue weighted by Crippen LogP contribution is 2.25. The normalized spacial score (nSPS) is 10.4. The first kappa shape index (κ1) is 15.8. The lowest BCUT2D eigenvalue weighted by Crippen LogP contribution is -2.04. The maximum atomic E-state index is 10.9. The predicted molar refractivity (Wildman–Crippen MR) is 81.0 cm³/mol. The molecule has 2 heterocycles. The molecule has 0 aliphatic rings. The molecular weight excluding hydrogens is 304 g/mol. The third-order valence-corrected chi connectivity index (χ3v) is 2.67. The molecule has 0 amide bonds. The van der Waals surface area contributed by atoms with E-state index in [0.717, 1.165) is 6.08 Å². The summed E-state index contributed by atoms with van der Waals surface area (Å²) in [6, 6.07) is 4.06. The Balaban J connectivity index is 0.000000172. The molecule has 0 aliphatic carbocycles. The highest BCUT2D eigenvalue weighted by atomic mass is 16.4. The average Bonchev–Trinajstić information content (AvgIpc) is 2.99. The number of carboxylic acid groups (broad SMARTS) is 1. The molecule has 0 atom stereocenters. The van der Waals surface area contributed by atoms with Crippen LogP contribution in [0.4, 0.5) is 0 Å². The van der Waals surface area contributed by atoms with Crippen molar-refractivity contribution in [2.75, 3.05) is 0 Å². The Hall–Kier alpha value is -3.62. The number of phenolic OH excluding ortho intramolecular Hbond substituents is 2. The van der Waals surface area contributed by atoms with Crippen LogP contribution in [0.15, 0.2) is 41.6 Å². The summed E-state index contributed by atoms with van der Waals surface area (Å²) in [6.45, 7) is 0. The van der Waals surface area contributed by atoms with E-state index < -0.39 is 5.97 Å². The lowest BCUT2D eigenvalue weighted by molar-refractivity contribution is -0.131. The zero-order valence-electron chi connectivity index (χ0n) is 11.6. The van der Waals surface area contributed by atoms with Gasteiger partial charge in [0, 0.05) is 6.08 Å². The fraction of sp³-hybridized carbons (Fsp3) is 0. The highest BCUT2D eigenvalue weighted by Gasteiger charge is 1.98. The van der Waals surface area contributed by atoms with Gasteiger partial charge in [-0.05, 0) is 23.8 Å². The summed E-state index contributed by atoms with van der Waals surface area (Å²) in [4.78, 5) is 27.3. The van der Waals surface area contributed by atoms with E-state index in [1.807, 2.05) is 0 Å². The third-order valence-electron chi connectivity index (χ3n) is 2.67. The number of hydrogen-bond donors (Lipinski definition) is 5. The Bertz CT molecular complexity index is 913. The van der Waals surface area contributed by atoms with Crippen molar-refractivity contribution in [3.8, 4) is 11.5 Å². The molecular formula is C14H12N4O5. The first-order valence-corrected chi connectivity index (χ1v) is 6.27. The Morgan fingerprint density at radius 3 is 2.65 bits per heavy atom. The minimum Gasteiger partial charge on any atom is -0.504 e. The van der Waals surface area contributed by atoms with Crippen LogP contribution >= 0.6 is 0 Å². The quantitative estimate of drug-likeness (QED) is 0.347. The highest BCUT2D eigenvalue weighted by molar-refractivity contribution is 5.85. The van der Waals surface area contributed by atoms with E-state index in [4.69, 9.17) is 15.3 Å². The molecule has 3 aromatic rings. The topological polar surface area (TPSA) is 152 Å². The second-order valence-corrected chi connectivity index (χ2v) is 4.28. The van der Waals surface area contributed by atoms with Gasteiger partial charge in [-0.2, -0.15) is 5.10 Å². The van der Waals surface area contributed by atoms with Gasteiger partial charge in [-0.3, -0.25) is 9.89 Å². The Kier molecular flexibility index (Phi) is 4.72. The van der Waals surface area contributed by atoms with Gasteiger partial charge in [0.15, 0.2) is 17.1 Å². The number of hydrogen-bond acceptors (Lipinski definition) is 6. The molecule has 0 saturated carbocycles. The van der Waals surface area contributed by atoms with Gasteiger partial charge >= 0.3 is 5.97 Å². The molecule has 5 N–H and O–H groups in total. The van der Waals surface area contributed by atoms with Crippen LogP contribution in [0.3, 0.4) is 0 Å². The summed E-state index contributed by atoms with van der Waals surface area (Å²) < 4.78 is 0. The monoisotopic (exact) mass is 316 g/mol. The van der Waals surface area contributed by atoms with Gasteiger partial charge in [0.2, 0.25) is 0 Å². The molecule has 0 unspecified atom stereocenters. The van der Waals surface area contributed by atoms with Gasteiger partial charge in [-0.25, -0.2) is 9.78 Å². The standard InChI is InChI=1S/C9H8O4.C5H4N4O/c10-7-3-1-6(5-8(7)11)2-4-9(12)13;10-5-3-1-8-9-4(3)6-2-7-5/h1-5,10-11H,(H,12,13);1-2H,(H2,6,7,8,9,10)/b4-2+;. The molecule has 0 aliphatic heterocycles. The second kappa shape index (κ2) is 6.89. The molecule has 9 nitrogen and oxygen atoms in total. The maximum absolute atomic E-state index is 10.9. The number of aliphatic carboxylic acids is 1. The molecule has 118 valence electrons. The van der Waals surface area contributed by atoms with E-state index in [1.54, 1.807) is 0 Å². The first-order chi connectivity index (χ1) is 11.0. The molecule has 0 fully saturated rings. The lowest BCUT2D eigenvalue weighted by atomic mass is 10.2. The molecule has 2 aromatic heterocycles. The van der Waals surface area contributed by atoms with Gasteiger partial charge in [0.05, 0.1) is 12.5 Å². The van der Waals surface area contributed by atoms with Crippen LogP contribution < -0.4 is 5.56 Å². The van der Waals surface area contributed by atoms with E-state index >= 15 is 0 Å². The van der Waals surface area contributed by atoms with E-state index in [-0.39, 0.29) is 17.1 Å². The molecule has 23 heavy (non-hydrogen) atoms. The summed E-state index contributed by atoms with van der Waals surface area (Å²) in [5, 5.41) is 33.0. The van der Waals surface area contributed by atoms with Crippen molar-refractivity contribution in [3.63, 3.8) is 0 Å². The molecule has 0 saturated heterocycles. The fourth-order valence-corrected chi connectivity index (χ4v) is 1.59. The molecule has 9 heteroatoms. The van der Waals surface area contributed by atoms with Gasteiger partial charge < -0.3 is 20.3 Å². The van der Waals surface area contributed by atoms with E-state index in [1.165, 1.54) is 36.8 Å². The summed E-state index contributed by atoms with van der Waals surface area (Å²) in [7, 11) is 0. The average molecular weight is 316 g/mol. The van der Waals surface area contributed by atoms with E-state index in [0.29, 0.717) is 16.6 Å². The zero-order chi connectivity index (χ0) is 16.8. The number of nitrogens with one attached hydrogen (secondary N) is 2. The number of aromatic hydroxyl groups is 2. The van der Waals surface area contributed by atoms with Crippen LogP contribution in [0, 0.1) is 0 Å². The Morgan fingerprint density at radius 2 is 2.00 bits per heavy atom. The smallest absolute Gasteiger partial charge is 0.328 e. The predicted octanol–water partition coefficient (Wildman–Crippen LogP) is 0.842. The van der Waals surface area contributed by atoms with Gasteiger partial charge in [-0.15, -0.1) is 0 Å². The van der Waals surface area contributed by atoms with Crippen molar-refractivity contribution in [3.05, 3.63) is 52.7 Å². The first-order valence-electron chi connectivity index (χ1n) is 6.27. The molecule has 3 rings (SSSR count). The van der Waals surface area contributed by atoms with Gasteiger partial charge in [-0.1, -0.05) is 6.07 Å². The number of phenols is 2.